The van der Waals surface area contributed by atoms with Crippen molar-refractivity contribution in [2.75, 3.05) is 26.2 Å². The van der Waals surface area contributed by atoms with Crippen LogP contribution in [0.4, 0.5) is 10.1 Å². The fourth-order valence-corrected chi connectivity index (χ4v) is 3.65. The lowest BCUT2D eigenvalue weighted by Crippen LogP contribution is -2.49. The maximum absolute atomic E-state index is 13.3. The molecule has 1 aliphatic heterocycles. The normalized spacial score (nSPS) is 15.6. The van der Waals surface area contributed by atoms with Crippen molar-refractivity contribution >= 4 is 17.6 Å². The van der Waals surface area contributed by atoms with Gasteiger partial charge in [0.15, 0.2) is 0 Å². The van der Waals surface area contributed by atoms with Gasteiger partial charge in [-0.15, -0.1) is 0 Å². The Morgan fingerprint density at radius 2 is 1.63 bits per heavy atom. The Balaban J connectivity index is 1.66. The topological polar surface area (TPSA) is 104 Å². The van der Waals surface area contributed by atoms with Crippen LogP contribution < -0.4 is 0 Å². The maximum Gasteiger partial charge on any atom is 0.303 e. The van der Waals surface area contributed by atoms with E-state index in [-0.39, 0.29) is 29.9 Å². The zero-order chi connectivity index (χ0) is 21.7. The summed E-state index contributed by atoms with van der Waals surface area (Å²) >= 11 is 0. The van der Waals surface area contributed by atoms with E-state index in [1.165, 1.54) is 36.4 Å². The molecule has 0 aromatic heterocycles. The summed E-state index contributed by atoms with van der Waals surface area (Å²) in [6, 6.07) is 11.4. The Labute approximate surface area is 172 Å². The van der Waals surface area contributed by atoms with Crippen molar-refractivity contribution in [2.45, 2.75) is 18.9 Å². The molecule has 1 N–H and O–H groups in total. The molecule has 1 heterocycles. The molecule has 0 saturated carbocycles. The number of piperazine rings is 1. The van der Waals surface area contributed by atoms with Gasteiger partial charge < -0.3 is 10.0 Å². The van der Waals surface area contributed by atoms with Gasteiger partial charge in [0.25, 0.3) is 11.6 Å². The molecule has 2 aromatic rings. The monoisotopic (exact) mass is 415 g/mol. The van der Waals surface area contributed by atoms with E-state index in [2.05, 4.69) is 4.90 Å². The van der Waals surface area contributed by atoms with Crippen LogP contribution in [0.1, 0.15) is 34.8 Å². The number of amides is 1. The molecule has 0 unspecified atom stereocenters. The number of hydrogen-bond acceptors (Lipinski definition) is 5. The predicted octanol–water partition coefficient (Wildman–Crippen LogP) is 3.10. The quantitative estimate of drug-likeness (QED) is 0.550. The summed E-state index contributed by atoms with van der Waals surface area (Å²) in [6.45, 7) is 1.97. The lowest BCUT2D eigenvalue weighted by atomic mass is 9.99. The number of carbonyl (C=O) groups is 2. The summed E-state index contributed by atoms with van der Waals surface area (Å²) in [7, 11) is 0. The lowest BCUT2D eigenvalue weighted by molar-refractivity contribution is -0.384. The standard InChI is InChI=1S/C21H22FN3O5/c22-17-5-1-15(2-6-17)19(9-10-20(26)27)23-11-13-24(14-12-23)21(28)16-3-7-18(8-4-16)25(29)30/h1-8,19H,9-14H2,(H,26,27)/t19-/m0/s1. The van der Waals surface area contributed by atoms with Gasteiger partial charge >= 0.3 is 5.97 Å². The number of carbonyl (C=O) groups excluding carboxylic acids is 1. The van der Waals surface area contributed by atoms with Crippen LogP contribution >= 0.6 is 0 Å². The number of nitro benzene ring substituents is 1. The number of carboxylic acid groups (broad SMARTS) is 1. The third kappa shape index (κ3) is 5.18. The van der Waals surface area contributed by atoms with E-state index in [0.29, 0.717) is 38.2 Å². The van der Waals surface area contributed by atoms with Gasteiger partial charge in [0, 0.05) is 56.3 Å². The second kappa shape index (κ2) is 9.45. The van der Waals surface area contributed by atoms with Gasteiger partial charge in [0.2, 0.25) is 0 Å². The first kappa shape index (κ1) is 21.4. The van der Waals surface area contributed by atoms with E-state index in [1.807, 2.05) is 0 Å². The highest BCUT2D eigenvalue weighted by Gasteiger charge is 2.28. The van der Waals surface area contributed by atoms with Crippen LogP contribution in [0.25, 0.3) is 0 Å². The summed E-state index contributed by atoms with van der Waals surface area (Å²) in [4.78, 5) is 37.8. The number of rotatable bonds is 7. The number of benzene rings is 2. The second-order valence-electron chi connectivity index (χ2n) is 7.13. The summed E-state index contributed by atoms with van der Waals surface area (Å²) < 4.78 is 13.3. The molecular weight excluding hydrogens is 393 g/mol. The highest BCUT2D eigenvalue weighted by molar-refractivity contribution is 5.94. The van der Waals surface area contributed by atoms with Crippen LogP contribution in [0.15, 0.2) is 48.5 Å². The van der Waals surface area contributed by atoms with Crippen molar-refractivity contribution in [3.63, 3.8) is 0 Å². The number of nitrogens with zero attached hydrogens (tertiary/aromatic N) is 3. The number of carboxylic acids is 1. The number of aliphatic carboxylic acids is 1. The van der Waals surface area contributed by atoms with Gasteiger partial charge in [0.05, 0.1) is 4.92 Å². The molecule has 3 rings (SSSR count). The summed E-state index contributed by atoms with van der Waals surface area (Å²) in [5.41, 5.74) is 1.15. The lowest BCUT2D eigenvalue weighted by Gasteiger charge is -2.39. The molecule has 0 aliphatic carbocycles. The molecule has 1 amide bonds. The molecule has 2 aromatic carbocycles. The number of nitro groups is 1. The fraction of sp³-hybridized carbons (Fsp3) is 0.333. The number of halogens is 1. The minimum absolute atomic E-state index is 0.00994. The van der Waals surface area contributed by atoms with E-state index >= 15 is 0 Å². The minimum Gasteiger partial charge on any atom is -0.481 e. The molecule has 1 saturated heterocycles. The number of hydrogen-bond donors (Lipinski definition) is 1. The molecule has 0 spiro atoms. The first-order valence-electron chi connectivity index (χ1n) is 9.60. The Morgan fingerprint density at radius 3 is 2.17 bits per heavy atom. The first-order valence-corrected chi connectivity index (χ1v) is 9.60. The van der Waals surface area contributed by atoms with Crippen LogP contribution in [0.2, 0.25) is 0 Å². The van der Waals surface area contributed by atoms with Crippen LogP contribution in [-0.2, 0) is 4.79 Å². The summed E-state index contributed by atoms with van der Waals surface area (Å²) in [6.07, 6.45) is 0.376. The Bertz CT molecular complexity index is 909. The first-order chi connectivity index (χ1) is 14.3. The van der Waals surface area contributed by atoms with Gasteiger partial charge in [-0.3, -0.25) is 24.6 Å². The summed E-state index contributed by atoms with van der Waals surface area (Å²) in [5.74, 6) is -1.45. The molecule has 8 nitrogen and oxygen atoms in total. The van der Waals surface area contributed by atoms with Crippen molar-refractivity contribution < 1.29 is 24.0 Å². The van der Waals surface area contributed by atoms with Crippen LogP contribution in [0.3, 0.4) is 0 Å². The van der Waals surface area contributed by atoms with Crippen molar-refractivity contribution in [1.29, 1.82) is 0 Å². The highest BCUT2D eigenvalue weighted by atomic mass is 19.1. The van der Waals surface area contributed by atoms with Crippen molar-refractivity contribution in [2.24, 2.45) is 0 Å². The largest absolute Gasteiger partial charge is 0.481 e. The van der Waals surface area contributed by atoms with E-state index in [4.69, 9.17) is 5.11 Å². The molecular formula is C21H22FN3O5. The van der Waals surface area contributed by atoms with E-state index in [0.717, 1.165) is 5.56 Å². The van der Waals surface area contributed by atoms with Gasteiger partial charge in [-0.2, -0.15) is 0 Å². The number of non-ortho nitro benzene ring substituents is 1. The molecule has 1 aliphatic rings. The molecule has 158 valence electrons. The minimum atomic E-state index is -0.894. The Morgan fingerprint density at radius 1 is 1.03 bits per heavy atom. The van der Waals surface area contributed by atoms with Gasteiger partial charge in [-0.1, -0.05) is 12.1 Å². The molecule has 9 heteroatoms. The molecule has 0 radical (unpaired) electrons. The zero-order valence-electron chi connectivity index (χ0n) is 16.2. The Hall–Kier alpha value is -3.33. The van der Waals surface area contributed by atoms with E-state index in [9.17, 15) is 24.1 Å². The maximum atomic E-state index is 13.3. The summed E-state index contributed by atoms with van der Waals surface area (Å²) in [5, 5.41) is 19.8. The molecule has 1 fully saturated rings. The third-order valence-corrected chi connectivity index (χ3v) is 5.25. The fourth-order valence-electron chi connectivity index (χ4n) is 3.65. The van der Waals surface area contributed by atoms with Crippen LogP contribution in [0.5, 0.6) is 0 Å². The van der Waals surface area contributed by atoms with Crippen molar-refractivity contribution in [3.8, 4) is 0 Å². The SMILES string of the molecule is O=C(O)CC[C@@H](c1ccc(F)cc1)N1CCN(C(=O)c2ccc([N+](=O)[O-])cc2)CC1. The van der Waals surface area contributed by atoms with Crippen LogP contribution in [0, 0.1) is 15.9 Å². The van der Waals surface area contributed by atoms with Crippen LogP contribution in [-0.4, -0.2) is 57.9 Å². The van der Waals surface area contributed by atoms with Gasteiger partial charge in [-0.05, 0) is 36.2 Å². The smallest absolute Gasteiger partial charge is 0.303 e. The predicted molar refractivity (Wildman–Crippen MR) is 107 cm³/mol. The molecule has 1 atom stereocenters. The van der Waals surface area contributed by atoms with E-state index < -0.39 is 10.9 Å². The molecule has 30 heavy (non-hydrogen) atoms. The van der Waals surface area contributed by atoms with Crippen molar-refractivity contribution in [3.05, 3.63) is 75.6 Å². The third-order valence-electron chi connectivity index (χ3n) is 5.25. The van der Waals surface area contributed by atoms with Gasteiger partial charge in [-0.25, -0.2) is 4.39 Å². The van der Waals surface area contributed by atoms with Gasteiger partial charge in [0.1, 0.15) is 5.82 Å². The average Bonchev–Trinajstić information content (AvgIpc) is 2.75. The van der Waals surface area contributed by atoms with Crippen molar-refractivity contribution in [1.82, 2.24) is 9.80 Å². The average molecular weight is 415 g/mol. The van der Waals surface area contributed by atoms with E-state index in [1.54, 1.807) is 17.0 Å². The second-order valence-corrected chi connectivity index (χ2v) is 7.13. The zero-order valence-corrected chi connectivity index (χ0v) is 16.2. The molecule has 0 bridgehead atoms. The Kier molecular flexibility index (Phi) is 6.73. The highest BCUT2D eigenvalue weighted by Crippen LogP contribution is 2.27.